The molecular formula is C9H15ClN2O2S2. The SMILES string of the molecule is CCCC(CC)NS(=O)(=O)c1cnc(Cl)s1. The first kappa shape index (κ1) is 13.9. The van der Waals surface area contributed by atoms with Gasteiger partial charge >= 0.3 is 0 Å². The molecule has 1 aromatic heterocycles. The third-order valence-corrected chi connectivity index (χ3v) is 5.27. The smallest absolute Gasteiger partial charge is 0.232 e. The molecule has 0 aliphatic rings. The Bertz CT molecular complexity index is 430. The Kier molecular flexibility index (Phi) is 5.17. The zero-order valence-corrected chi connectivity index (χ0v) is 11.6. The maximum atomic E-state index is 11.9. The number of thiazole rings is 1. The fourth-order valence-corrected chi connectivity index (χ4v) is 4.00. The molecule has 4 nitrogen and oxygen atoms in total. The van der Waals surface area contributed by atoms with Crippen LogP contribution >= 0.6 is 22.9 Å². The van der Waals surface area contributed by atoms with Gasteiger partial charge in [-0.1, -0.05) is 43.2 Å². The van der Waals surface area contributed by atoms with Crippen LogP contribution in [0.15, 0.2) is 10.4 Å². The van der Waals surface area contributed by atoms with Crippen molar-refractivity contribution < 1.29 is 8.42 Å². The maximum absolute atomic E-state index is 11.9. The summed E-state index contributed by atoms with van der Waals surface area (Å²) < 4.78 is 26.9. The molecule has 1 aromatic rings. The van der Waals surface area contributed by atoms with Crippen LogP contribution in [-0.4, -0.2) is 19.4 Å². The van der Waals surface area contributed by atoms with Crippen LogP contribution < -0.4 is 4.72 Å². The monoisotopic (exact) mass is 282 g/mol. The summed E-state index contributed by atoms with van der Waals surface area (Å²) in [4.78, 5) is 3.73. The highest BCUT2D eigenvalue weighted by atomic mass is 35.5. The second-order valence-corrected chi connectivity index (χ2v) is 7.00. The first-order valence-electron chi connectivity index (χ1n) is 5.13. The van der Waals surface area contributed by atoms with E-state index in [0.717, 1.165) is 30.6 Å². The Morgan fingerprint density at radius 3 is 2.69 bits per heavy atom. The molecule has 0 spiro atoms. The van der Waals surface area contributed by atoms with Gasteiger partial charge in [-0.2, -0.15) is 0 Å². The summed E-state index contributed by atoms with van der Waals surface area (Å²) in [6, 6.07) is -0.0177. The van der Waals surface area contributed by atoms with E-state index in [4.69, 9.17) is 11.6 Å². The van der Waals surface area contributed by atoms with E-state index in [9.17, 15) is 8.42 Å². The molecule has 0 saturated heterocycles. The van der Waals surface area contributed by atoms with E-state index in [1.54, 1.807) is 0 Å². The predicted molar refractivity (Wildman–Crippen MR) is 66.4 cm³/mol. The van der Waals surface area contributed by atoms with Crippen molar-refractivity contribution in [2.24, 2.45) is 0 Å². The second-order valence-electron chi connectivity index (χ2n) is 3.45. The zero-order valence-electron chi connectivity index (χ0n) is 9.23. The van der Waals surface area contributed by atoms with Crippen LogP contribution in [-0.2, 0) is 10.0 Å². The molecule has 0 radical (unpaired) electrons. The number of hydrogen-bond donors (Lipinski definition) is 1. The summed E-state index contributed by atoms with van der Waals surface area (Å²) in [6.07, 6.45) is 3.85. The van der Waals surface area contributed by atoms with Crippen molar-refractivity contribution in [1.82, 2.24) is 9.71 Å². The molecule has 0 aliphatic carbocycles. The van der Waals surface area contributed by atoms with Gasteiger partial charge in [-0.15, -0.1) is 0 Å². The lowest BCUT2D eigenvalue weighted by atomic mass is 10.1. The molecule has 0 bridgehead atoms. The lowest BCUT2D eigenvalue weighted by molar-refractivity contribution is 0.513. The van der Waals surface area contributed by atoms with E-state index in [1.165, 1.54) is 6.20 Å². The molecule has 7 heteroatoms. The first-order valence-corrected chi connectivity index (χ1v) is 7.81. The van der Waals surface area contributed by atoms with Gasteiger partial charge in [-0.25, -0.2) is 18.1 Å². The van der Waals surface area contributed by atoms with Gasteiger partial charge in [0, 0.05) is 6.04 Å². The zero-order chi connectivity index (χ0) is 12.2. The average molecular weight is 283 g/mol. The molecule has 1 atom stereocenters. The van der Waals surface area contributed by atoms with Crippen molar-refractivity contribution in [2.75, 3.05) is 0 Å². The van der Waals surface area contributed by atoms with Gasteiger partial charge in [0.2, 0.25) is 0 Å². The number of nitrogens with zero attached hydrogens (tertiary/aromatic N) is 1. The number of nitrogens with one attached hydrogen (secondary N) is 1. The van der Waals surface area contributed by atoms with Gasteiger partial charge in [0.25, 0.3) is 10.0 Å². The summed E-state index contributed by atoms with van der Waals surface area (Å²) >= 11 is 6.58. The molecule has 1 heterocycles. The minimum Gasteiger partial charge on any atom is -0.232 e. The highest BCUT2D eigenvalue weighted by molar-refractivity contribution is 7.91. The Balaban J connectivity index is 2.78. The Morgan fingerprint density at radius 2 is 2.25 bits per heavy atom. The molecule has 1 rings (SSSR count). The van der Waals surface area contributed by atoms with Crippen molar-refractivity contribution in [3.05, 3.63) is 10.7 Å². The summed E-state index contributed by atoms with van der Waals surface area (Å²) in [5, 5.41) is 0. The molecule has 0 fully saturated rings. The minimum absolute atomic E-state index is 0.0177. The number of rotatable bonds is 6. The fraction of sp³-hybridized carbons (Fsp3) is 0.667. The number of aromatic nitrogens is 1. The molecule has 92 valence electrons. The lowest BCUT2D eigenvalue weighted by Gasteiger charge is -2.14. The topological polar surface area (TPSA) is 59.1 Å². The van der Waals surface area contributed by atoms with Crippen LogP contribution in [0.1, 0.15) is 33.1 Å². The standard InChI is InChI=1S/C9H15ClN2O2S2/c1-3-5-7(4-2)12-16(13,14)8-6-11-9(10)15-8/h6-7,12H,3-5H2,1-2H3. The maximum Gasteiger partial charge on any atom is 0.251 e. The van der Waals surface area contributed by atoms with Crippen LogP contribution in [0.3, 0.4) is 0 Å². The van der Waals surface area contributed by atoms with Crippen molar-refractivity contribution >= 4 is 33.0 Å². The van der Waals surface area contributed by atoms with E-state index in [2.05, 4.69) is 9.71 Å². The normalized spacial score (nSPS) is 13.9. The molecular weight excluding hydrogens is 268 g/mol. The van der Waals surface area contributed by atoms with Crippen molar-refractivity contribution in [1.29, 1.82) is 0 Å². The van der Waals surface area contributed by atoms with Gasteiger partial charge < -0.3 is 0 Å². The van der Waals surface area contributed by atoms with Gasteiger partial charge in [-0.3, -0.25) is 0 Å². The third-order valence-electron chi connectivity index (χ3n) is 2.17. The van der Waals surface area contributed by atoms with Gasteiger partial charge in [0.05, 0.1) is 6.20 Å². The number of sulfonamides is 1. The number of hydrogen-bond acceptors (Lipinski definition) is 4. The first-order chi connectivity index (χ1) is 7.49. The molecule has 1 unspecified atom stereocenters. The van der Waals surface area contributed by atoms with Crippen LogP contribution in [0.5, 0.6) is 0 Å². The van der Waals surface area contributed by atoms with E-state index < -0.39 is 10.0 Å². The van der Waals surface area contributed by atoms with Crippen LogP contribution in [0.4, 0.5) is 0 Å². The summed E-state index contributed by atoms with van der Waals surface area (Å²) in [7, 11) is -3.45. The van der Waals surface area contributed by atoms with E-state index in [-0.39, 0.29) is 14.7 Å². The van der Waals surface area contributed by atoms with Gasteiger partial charge in [-0.05, 0) is 12.8 Å². The molecule has 0 amide bonds. The van der Waals surface area contributed by atoms with Crippen molar-refractivity contribution in [2.45, 2.75) is 43.4 Å². The Labute approximate surface area is 105 Å². The summed E-state index contributed by atoms with van der Waals surface area (Å²) in [5.74, 6) is 0. The van der Waals surface area contributed by atoms with E-state index in [1.807, 2.05) is 13.8 Å². The Morgan fingerprint density at radius 1 is 1.56 bits per heavy atom. The van der Waals surface area contributed by atoms with Crippen molar-refractivity contribution in [3.63, 3.8) is 0 Å². The average Bonchev–Trinajstić information content (AvgIpc) is 2.64. The van der Waals surface area contributed by atoms with E-state index in [0.29, 0.717) is 0 Å². The molecule has 1 N–H and O–H groups in total. The van der Waals surface area contributed by atoms with Crippen LogP contribution in [0.2, 0.25) is 4.47 Å². The Hall–Kier alpha value is -0.170. The third kappa shape index (κ3) is 3.69. The van der Waals surface area contributed by atoms with Crippen LogP contribution in [0, 0.1) is 0 Å². The molecule has 0 aliphatic heterocycles. The lowest BCUT2D eigenvalue weighted by Crippen LogP contribution is -2.33. The summed E-state index contributed by atoms with van der Waals surface area (Å²) in [6.45, 7) is 3.99. The quantitative estimate of drug-likeness (QED) is 0.873. The largest absolute Gasteiger partial charge is 0.251 e. The highest BCUT2D eigenvalue weighted by Crippen LogP contribution is 2.22. The minimum atomic E-state index is -3.45. The van der Waals surface area contributed by atoms with Crippen LogP contribution in [0.25, 0.3) is 0 Å². The van der Waals surface area contributed by atoms with E-state index >= 15 is 0 Å². The second kappa shape index (κ2) is 5.95. The van der Waals surface area contributed by atoms with Gasteiger partial charge in [0.15, 0.2) is 8.68 Å². The van der Waals surface area contributed by atoms with Crippen molar-refractivity contribution in [3.8, 4) is 0 Å². The predicted octanol–water partition coefficient (Wildman–Crippen LogP) is 2.65. The van der Waals surface area contributed by atoms with Gasteiger partial charge in [0.1, 0.15) is 0 Å². The summed E-state index contributed by atoms with van der Waals surface area (Å²) in [5.41, 5.74) is 0. The molecule has 0 saturated carbocycles. The molecule has 0 aromatic carbocycles. The fourth-order valence-electron chi connectivity index (χ4n) is 1.34. The molecule has 16 heavy (non-hydrogen) atoms. The number of halogens is 1. The highest BCUT2D eigenvalue weighted by Gasteiger charge is 2.20.